The van der Waals surface area contributed by atoms with E-state index >= 15 is 0 Å². The van der Waals surface area contributed by atoms with Gasteiger partial charge in [0, 0.05) is 12.5 Å². The number of nitrogens with zero attached hydrogens (tertiary/aromatic N) is 3. The first-order chi connectivity index (χ1) is 11.1. The van der Waals surface area contributed by atoms with Crippen molar-refractivity contribution in [2.75, 3.05) is 12.4 Å². The standard InChI is InChI=1S/C16H18N4O2S/c1-4-5-15(21)18-14-8-10(2)19-20(14)16-17-12-7-6-11(22-3)9-13(12)23-16/h6-9H,4-5H2,1-3H3,(H,18,21). The van der Waals surface area contributed by atoms with Crippen LogP contribution < -0.4 is 10.1 Å². The second-order valence-corrected chi connectivity index (χ2v) is 6.22. The number of anilines is 1. The molecule has 3 rings (SSSR count). The Morgan fingerprint density at radius 2 is 2.22 bits per heavy atom. The molecule has 0 aliphatic rings. The molecule has 0 radical (unpaired) electrons. The van der Waals surface area contributed by atoms with Gasteiger partial charge in [0.1, 0.15) is 11.6 Å². The Balaban J connectivity index is 1.99. The van der Waals surface area contributed by atoms with Crippen molar-refractivity contribution in [1.29, 1.82) is 0 Å². The first-order valence-corrected chi connectivity index (χ1v) is 8.24. The largest absolute Gasteiger partial charge is 0.497 e. The van der Waals surface area contributed by atoms with E-state index in [2.05, 4.69) is 15.4 Å². The molecule has 1 N–H and O–H groups in total. The minimum atomic E-state index is -0.0172. The number of carbonyl (C=O) groups is 1. The van der Waals surface area contributed by atoms with Gasteiger partial charge in [-0.1, -0.05) is 18.3 Å². The van der Waals surface area contributed by atoms with E-state index in [0.717, 1.165) is 28.1 Å². The summed E-state index contributed by atoms with van der Waals surface area (Å²) in [5.74, 6) is 1.42. The van der Waals surface area contributed by atoms with Gasteiger partial charge in [0.2, 0.25) is 11.0 Å². The fourth-order valence-corrected chi connectivity index (χ4v) is 3.24. The van der Waals surface area contributed by atoms with Crippen LogP contribution in [0.2, 0.25) is 0 Å². The summed E-state index contributed by atoms with van der Waals surface area (Å²) in [5.41, 5.74) is 1.71. The third-order valence-electron chi connectivity index (χ3n) is 3.34. The van der Waals surface area contributed by atoms with Crippen molar-refractivity contribution in [3.8, 4) is 10.9 Å². The summed E-state index contributed by atoms with van der Waals surface area (Å²) in [4.78, 5) is 16.5. The van der Waals surface area contributed by atoms with Crippen LogP contribution in [0.25, 0.3) is 15.3 Å². The fraction of sp³-hybridized carbons (Fsp3) is 0.312. The molecule has 0 aliphatic carbocycles. The number of nitrogens with one attached hydrogen (secondary N) is 1. The topological polar surface area (TPSA) is 69.0 Å². The molecule has 120 valence electrons. The molecule has 0 saturated carbocycles. The van der Waals surface area contributed by atoms with Crippen molar-refractivity contribution >= 4 is 33.3 Å². The van der Waals surface area contributed by atoms with E-state index in [-0.39, 0.29) is 5.91 Å². The molecule has 1 amide bonds. The fourth-order valence-electron chi connectivity index (χ4n) is 2.28. The molecule has 2 heterocycles. The molecule has 0 unspecified atom stereocenters. The van der Waals surface area contributed by atoms with E-state index in [1.807, 2.05) is 38.1 Å². The zero-order valence-corrected chi connectivity index (χ0v) is 14.1. The van der Waals surface area contributed by atoms with Gasteiger partial charge in [-0.3, -0.25) is 4.79 Å². The van der Waals surface area contributed by atoms with E-state index in [4.69, 9.17) is 4.74 Å². The molecule has 7 heteroatoms. The second kappa shape index (κ2) is 6.37. The quantitative estimate of drug-likeness (QED) is 0.777. The Labute approximate surface area is 138 Å². The summed E-state index contributed by atoms with van der Waals surface area (Å²) < 4.78 is 7.94. The number of benzene rings is 1. The molecule has 0 fully saturated rings. The Morgan fingerprint density at radius 3 is 2.96 bits per heavy atom. The van der Waals surface area contributed by atoms with Crippen LogP contribution in [0.15, 0.2) is 24.3 Å². The molecule has 3 aromatic rings. The molecular formula is C16H18N4O2S. The van der Waals surface area contributed by atoms with E-state index in [9.17, 15) is 4.79 Å². The predicted octanol–water partition coefficient (Wildman–Crippen LogP) is 3.54. The monoisotopic (exact) mass is 330 g/mol. The molecule has 0 bridgehead atoms. The lowest BCUT2D eigenvalue weighted by Gasteiger charge is -2.05. The molecule has 0 atom stereocenters. The predicted molar refractivity (Wildman–Crippen MR) is 91.6 cm³/mol. The van der Waals surface area contributed by atoms with Crippen molar-refractivity contribution in [3.63, 3.8) is 0 Å². The number of rotatable bonds is 5. The van der Waals surface area contributed by atoms with Gasteiger partial charge >= 0.3 is 0 Å². The zero-order valence-electron chi connectivity index (χ0n) is 13.3. The van der Waals surface area contributed by atoms with Gasteiger partial charge < -0.3 is 10.1 Å². The summed E-state index contributed by atoms with van der Waals surface area (Å²) in [6.45, 7) is 3.87. The Morgan fingerprint density at radius 1 is 1.39 bits per heavy atom. The Hall–Kier alpha value is -2.41. The summed E-state index contributed by atoms with van der Waals surface area (Å²) in [7, 11) is 1.64. The number of amides is 1. The zero-order chi connectivity index (χ0) is 16.4. The Bertz CT molecular complexity index is 853. The van der Waals surface area contributed by atoms with Gasteiger partial charge in [0.15, 0.2) is 0 Å². The van der Waals surface area contributed by atoms with Crippen molar-refractivity contribution in [2.24, 2.45) is 0 Å². The number of carbonyl (C=O) groups excluding carboxylic acids is 1. The third kappa shape index (κ3) is 3.19. The average molecular weight is 330 g/mol. The van der Waals surface area contributed by atoms with E-state index in [0.29, 0.717) is 17.4 Å². The van der Waals surface area contributed by atoms with Gasteiger partial charge in [-0.25, -0.2) is 4.98 Å². The first kappa shape index (κ1) is 15.5. The number of aryl methyl sites for hydroxylation is 1. The molecule has 23 heavy (non-hydrogen) atoms. The number of ether oxygens (including phenoxy) is 1. The Kier molecular flexibility index (Phi) is 4.29. The van der Waals surface area contributed by atoms with Gasteiger partial charge in [0.05, 0.1) is 23.0 Å². The van der Waals surface area contributed by atoms with Crippen molar-refractivity contribution in [1.82, 2.24) is 14.8 Å². The molecule has 0 spiro atoms. The van der Waals surface area contributed by atoms with Gasteiger partial charge in [-0.2, -0.15) is 9.78 Å². The third-order valence-corrected chi connectivity index (χ3v) is 4.34. The van der Waals surface area contributed by atoms with Crippen LogP contribution in [0.5, 0.6) is 5.75 Å². The van der Waals surface area contributed by atoms with Crippen LogP contribution in [0.3, 0.4) is 0 Å². The van der Waals surface area contributed by atoms with Crippen LogP contribution in [0.1, 0.15) is 25.5 Å². The van der Waals surface area contributed by atoms with E-state index in [1.54, 1.807) is 11.8 Å². The molecular weight excluding hydrogens is 312 g/mol. The van der Waals surface area contributed by atoms with Crippen molar-refractivity contribution in [2.45, 2.75) is 26.7 Å². The highest BCUT2D eigenvalue weighted by Gasteiger charge is 2.14. The van der Waals surface area contributed by atoms with Gasteiger partial charge in [-0.05, 0) is 31.5 Å². The lowest BCUT2D eigenvalue weighted by atomic mass is 10.3. The molecule has 0 aliphatic heterocycles. The van der Waals surface area contributed by atoms with Crippen LogP contribution in [0.4, 0.5) is 5.82 Å². The van der Waals surface area contributed by atoms with Gasteiger partial charge in [-0.15, -0.1) is 0 Å². The smallest absolute Gasteiger partial charge is 0.225 e. The number of hydrogen-bond donors (Lipinski definition) is 1. The molecule has 2 aromatic heterocycles. The number of thiazole rings is 1. The highest BCUT2D eigenvalue weighted by atomic mass is 32.1. The van der Waals surface area contributed by atoms with Crippen molar-refractivity contribution in [3.05, 3.63) is 30.0 Å². The second-order valence-electron chi connectivity index (χ2n) is 5.21. The van der Waals surface area contributed by atoms with Crippen LogP contribution in [-0.4, -0.2) is 27.8 Å². The lowest BCUT2D eigenvalue weighted by Crippen LogP contribution is -2.14. The average Bonchev–Trinajstić information content (AvgIpc) is 3.09. The first-order valence-electron chi connectivity index (χ1n) is 7.42. The highest BCUT2D eigenvalue weighted by molar-refractivity contribution is 7.20. The SMILES string of the molecule is CCCC(=O)Nc1cc(C)nn1-c1nc2ccc(OC)cc2s1. The minimum absolute atomic E-state index is 0.0172. The van der Waals surface area contributed by atoms with Crippen LogP contribution in [-0.2, 0) is 4.79 Å². The van der Waals surface area contributed by atoms with Gasteiger partial charge in [0.25, 0.3) is 0 Å². The molecule has 1 aromatic carbocycles. The maximum Gasteiger partial charge on any atom is 0.225 e. The number of aromatic nitrogens is 3. The molecule has 6 nitrogen and oxygen atoms in total. The maximum atomic E-state index is 11.9. The summed E-state index contributed by atoms with van der Waals surface area (Å²) in [6, 6.07) is 7.59. The summed E-state index contributed by atoms with van der Waals surface area (Å²) in [5, 5.41) is 8.07. The highest BCUT2D eigenvalue weighted by Crippen LogP contribution is 2.29. The molecule has 0 saturated heterocycles. The van der Waals surface area contributed by atoms with Crippen molar-refractivity contribution < 1.29 is 9.53 Å². The summed E-state index contributed by atoms with van der Waals surface area (Å²) in [6.07, 6.45) is 1.29. The van der Waals surface area contributed by atoms with Crippen LogP contribution in [0, 0.1) is 6.92 Å². The van der Waals surface area contributed by atoms with Crippen LogP contribution >= 0.6 is 11.3 Å². The number of hydrogen-bond acceptors (Lipinski definition) is 5. The maximum absolute atomic E-state index is 11.9. The number of methoxy groups -OCH3 is 1. The van der Waals surface area contributed by atoms with E-state index < -0.39 is 0 Å². The number of fused-ring (bicyclic) bond motifs is 1. The summed E-state index contributed by atoms with van der Waals surface area (Å²) >= 11 is 1.51. The lowest BCUT2D eigenvalue weighted by molar-refractivity contribution is -0.116. The normalized spacial score (nSPS) is 10.9. The van der Waals surface area contributed by atoms with E-state index in [1.165, 1.54) is 11.3 Å². The minimum Gasteiger partial charge on any atom is -0.497 e.